The summed E-state index contributed by atoms with van der Waals surface area (Å²) in [6.45, 7) is 7.40. The summed E-state index contributed by atoms with van der Waals surface area (Å²) in [5.74, 6) is -0.0725. The van der Waals surface area contributed by atoms with Gasteiger partial charge in [-0.25, -0.2) is 0 Å². The molecule has 0 saturated carbocycles. The topological polar surface area (TPSA) is 82.9 Å². The average Bonchev–Trinajstić information content (AvgIpc) is 3.49. The van der Waals surface area contributed by atoms with E-state index in [0.29, 0.717) is 23.8 Å². The third-order valence-electron chi connectivity index (χ3n) is 8.26. The number of fused-ring (bicyclic) bond motifs is 3. The smallest absolute Gasteiger partial charge is 0.272 e. The van der Waals surface area contributed by atoms with E-state index >= 15 is 0 Å². The van der Waals surface area contributed by atoms with Gasteiger partial charge in [0.05, 0.1) is 18.2 Å². The fourth-order valence-electron chi connectivity index (χ4n) is 6.68. The highest BCUT2D eigenvalue weighted by molar-refractivity contribution is 6.05. The Morgan fingerprint density at radius 1 is 1.17 bits per heavy atom. The number of likely N-dealkylation sites (tertiary alicyclic amines) is 1. The normalized spacial score (nSPS) is 28.3. The summed E-state index contributed by atoms with van der Waals surface area (Å²) >= 11 is 0. The summed E-state index contributed by atoms with van der Waals surface area (Å²) in [4.78, 5) is 18.2. The first kappa shape index (κ1) is 24.7. The van der Waals surface area contributed by atoms with Gasteiger partial charge in [-0.15, -0.1) is 0 Å². The third-order valence-corrected chi connectivity index (χ3v) is 8.26. The molecule has 2 aromatic rings. The maximum absolute atomic E-state index is 13.3. The van der Waals surface area contributed by atoms with Gasteiger partial charge in [-0.1, -0.05) is 18.2 Å². The average molecular weight is 484 g/mol. The predicted octanol–water partition coefficient (Wildman–Crippen LogP) is 2.81. The van der Waals surface area contributed by atoms with Gasteiger partial charge in [0, 0.05) is 55.8 Å². The molecule has 2 N–H and O–H groups in total. The van der Waals surface area contributed by atoms with Gasteiger partial charge >= 0.3 is 0 Å². The van der Waals surface area contributed by atoms with Gasteiger partial charge in [-0.3, -0.25) is 19.3 Å². The summed E-state index contributed by atoms with van der Waals surface area (Å²) < 4.78 is 7.31. The Labute approximate surface area is 208 Å². The van der Waals surface area contributed by atoms with Crippen LogP contribution in [0.1, 0.15) is 68.9 Å². The van der Waals surface area contributed by atoms with Gasteiger partial charge in [0.1, 0.15) is 0 Å². The second-order valence-electron chi connectivity index (χ2n) is 11.0. The van der Waals surface area contributed by atoms with Crippen molar-refractivity contribution in [3.63, 3.8) is 0 Å². The molecular weight excluding hydrogens is 442 g/mol. The minimum atomic E-state index is -0.354. The number of hydrogen-bond acceptors (Lipinski definition) is 6. The van der Waals surface area contributed by atoms with Crippen LogP contribution in [0.4, 0.5) is 0 Å². The van der Waals surface area contributed by atoms with Crippen LogP contribution in [0.3, 0.4) is 0 Å². The maximum Gasteiger partial charge on any atom is 0.272 e. The lowest BCUT2D eigenvalue weighted by atomic mass is 9.96. The molecule has 192 valence electrons. The maximum atomic E-state index is 13.3. The Balaban J connectivity index is 1.19. The largest absolute Gasteiger partial charge is 0.390 e. The number of aromatic nitrogens is 2. The number of aliphatic hydroxyl groups is 1. The second kappa shape index (κ2) is 10.5. The van der Waals surface area contributed by atoms with Crippen LogP contribution in [0.2, 0.25) is 0 Å². The Morgan fingerprint density at radius 2 is 1.91 bits per heavy atom. The van der Waals surface area contributed by atoms with Crippen molar-refractivity contribution in [2.24, 2.45) is 0 Å². The van der Waals surface area contributed by atoms with Crippen LogP contribution in [0.5, 0.6) is 0 Å². The molecule has 4 heterocycles. The predicted molar refractivity (Wildman–Crippen MR) is 137 cm³/mol. The molecule has 3 saturated heterocycles. The van der Waals surface area contributed by atoms with Crippen LogP contribution in [0, 0.1) is 0 Å². The van der Waals surface area contributed by atoms with Crippen LogP contribution in [-0.2, 0) is 4.74 Å². The molecular formula is C27H41N5O3. The minimum absolute atomic E-state index is 0.0725. The fourth-order valence-corrected chi connectivity index (χ4v) is 6.68. The molecule has 8 heteroatoms. The molecule has 1 aromatic carbocycles. The first-order chi connectivity index (χ1) is 16.9. The summed E-state index contributed by atoms with van der Waals surface area (Å²) in [7, 11) is 1.76. The molecule has 1 amide bonds. The summed E-state index contributed by atoms with van der Waals surface area (Å²) in [6.07, 6.45) is 6.15. The number of rotatable bonds is 9. The minimum Gasteiger partial charge on any atom is -0.390 e. The zero-order valence-electron chi connectivity index (χ0n) is 21.4. The van der Waals surface area contributed by atoms with Crippen molar-refractivity contribution in [1.29, 1.82) is 0 Å². The highest BCUT2D eigenvalue weighted by Gasteiger charge is 2.42. The molecule has 5 atom stereocenters. The van der Waals surface area contributed by atoms with Crippen LogP contribution in [0.25, 0.3) is 10.9 Å². The number of carbonyl (C=O) groups is 1. The van der Waals surface area contributed by atoms with Gasteiger partial charge in [0.2, 0.25) is 0 Å². The number of nitrogens with zero attached hydrogens (tertiary/aromatic N) is 4. The lowest BCUT2D eigenvalue weighted by Crippen LogP contribution is -2.53. The van der Waals surface area contributed by atoms with Crippen molar-refractivity contribution in [2.75, 3.05) is 33.4 Å². The van der Waals surface area contributed by atoms with Crippen molar-refractivity contribution < 1.29 is 14.6 Å². The highest BCUT2D eigenvalue weighted by Crippen LogP contribution is 2.36. The monoisotopic (exact) mass is 483 g/mol. The molecule has 35 heavy (non-hydrogen) atoms. The lowest BCUT2D eigenvalue weighted by Gasteiger charge is -2.40. The number of hydrogen-bond donors (Lipinski definition) is 2. The van der Waals surface area contributed by atoms with Crippen LogP contribution >= 0.6 is 0 Å². The standard InChI is InChI=1S/C27H41N5O3/c1-18(2)32-25-9-5-4-8-24(25)26(29-32)27(34)28-19-13-20-10-11-21(14-19)31(20)16-23(33)15-30-12-6-7-22(30)17-35-3/h4-5,8-9,18-23,33H,6-7,10-17H2,1-3H3,(H,28,34)/t19-,20-,21+,22-,23?/m0/s1. The van der Waals surface area contributed by atoms with E-state index in [4.69, 9.17) is 4.74 Å². The van der Waals surface area contributed by atoms with Gasteiger partial charge in [-0.2, -0.15) is 5.10 Å². The molecule has 2 bridgehead atoms. The van der Waals surface area contributed by atoms with E-state index in [0.717, 1.165) is 69.2 Å². The number of amides is 1. The Bertz CT molecular complexity index is 1010. The third kappa shape index (κ3) is 5.12. The SMILES string of the molecule is COC[C@@H]1CCCN1CC(O)CN1[C@@H]2CC[C@H]1C[C@H](NC(=O)c1nn(C(C)C)c3ccccc13)C2. The van der Waals surface area contributed by atoms with Gasteiger partial charge < -0.3 is 15.2 Å². The molecule has 5 rings (SSSR count). The van der Waals surface area contributed by atoms with Gasteiger partial charge in [0.25, 0.3) is 5.91 Å². The molecule has 0 spiro atoms. The van der Waals surface area contributed by atoms with Crippen molar-refractivity contribution in [1.82, 2.24) is 24.9 Å². The summed E-state index contributed by atoms with van der Waals surface area (Å²) in [6, 6.07) is 9.60. The second-order valence-corrected chi connectivity index (χ2v) is 11.0. The zero-order valence-corrected chi connectivity index (χ0v) is 21.4. The number of benzene rings is 1. The molecule has 3 fully saturated rings. The van der Waals surface area contributed by atoms with Crippen molar-refractivity contribution in [3.8, 4) is 0 Å². The van der Waals surface area contributed by atoms with Crippen LogP contribution in [-0.4, -0.2) is 94.2 Å². The first-order valence-corrected chi connectivity index (χ1v) is 13.4. The van der Waals surface area contributed by atoms with Crippen molar-refractivity contribution in [3.05, 3.63) is 30.0 Å². The van der Waals surface area contributed by atoms with E-state index in [-0.39, 0.29) is 24.1 Å². The van der Waals surface area contributed by atoms with Gasteiger partial charge in [0.15, 0.2) is 5.69 Å². The van der Waals surface area contributed by atoms with E-state index in [1.807, 2.05) is 28.9 Å². The van der Waals surface area contributed by atoms with Crippen molar-refractivity contribution in [2.45, 2.75) is 88.7 Å². The number of para-hydroxylation sites is 1. The van der Waals surface area contributed by atoms with Gasteiger partial charge in [-0.05, 0) is 65.0 Å². The van der Waals surface area contributed by atoms with Crippen LogP contribution in [0.15, 0.2) is 24.3 Å². The quantitative estimate of drug-likeness (QED) is 0.571. The molecule has 3 aliphatic rings. The van der Waals surface area contributed by atoms with E-state index in [9.17, 15) is 9.90 Å². The molecule has 0 aliphatic carbocycles. The number of ether oxygens (including phenoxy) is 1. The molecule has 1 aromatic heterocycles. The number of methoxy groups -OCH3 is 1. The molecule has 1 unspecified atom stereocenters. The van der Waals surface area contributed by atoms with E-state index in [1.54, 1.807) is 7.11 Å². The summed E-state index contributed by atoms with van der Waals surface area (Å²) in [5, 5.41) is 19.8. The Kier molecular flexibility index (Phi) is 7.44. The van der Waals surface area contributed by atoms with Crippen LogP contribution < -0.4 is 5.32 Å². The first-order valence-electron chi connectivity index (χ1n) is 13.4. The summed E-state index contributed by atoms with van der Waals surface area (Å²) in [5.41, 5.74) is 1.53. The van der Waals surface area contributed by atoms with E-state index in [1.165, 1.54) is 6.42 Å². The Morgan fingerprint density at radius 3 is 2.63 bits per heavy atom. The number of aliphatic hydroxyl groups excluding tert-OH is 1. The van der Waals surface area contributed by atoms with E-state index < -0.39 is 0 Å². The van der Waals surface area contributed by atoms with E-state index in [2.05, 4.69) is 34.1 Å². The number of piperidine rings is 1. The number of carbonyl (C=O) groups excluding carboxylic acids is 1. The number of β-amino-alcohol motifs (C(OH)–C–C–N with tert-alkyl or cyclic N) is 1. The fraction of sp³-hybridized carbons (Fsp3) is 0.704. The molecule has 8 nitrogen and oxygen atoms in total. The van der Waals surface area contributed by atoms with Crippen molar-refractivity contribution >= 4 is 16.8 Å². The Hall–Kier alpha value is -2.00. The molecule has 0 radical (unpaired) electrons. The highest BCUT2D eigenvalue weighted by atomic mass is 16.5. The lowest BCUT2D eigenvalue weighted by molar-refractivity contribution is 0.0227. The zero-order chi connectivity index (χ0) is 24.5. The molecule has 3 aliphatic heterocycles. The number of nitrogens with one attached hydrogen (secondary N) is 1.